The quantitative estimate of drug-likeness (QED) is 0.662. The largest absolute Gasteiger partial charge is 0.480 e. The number of carboxylic acid groups (broad SMARTS) is 1. The van der Waals surface area contributed by atoms with Crippen LogP contribution in [-0.2, 0) is 14.3 Å². The van der Waals surface area contributed by atoms with Crippen molar-refractivity contribution in [2.45, 2.75) is 24.7 Å². The average Bonchev–Trinajstić information content (AvgIpc) is 2.70. The van der Waals surface area contributed by atoms with Crippen LogP contribution in [0.5, 0.6) is 0 Å². The highest BCUT2D eigenvalue weighted by Crippen LogP contribution is 2.31. The summed E-state index contributed by atoms with van der Waals surface area (Å²) < 4.78 is 11.2. The number of aliphatic carboxylic acids is 1. The van der Waals surface area contributed by atoms with Crippen molar-refractivity contribution in [2.75, 3.05) is 32.8 Å². The number of piperidine rings is 1. The number of hydrogen-bond donors (Lipinski definition) is 2. The molecule has 2 saturated heterocycles. The van der Waals surface area contributed by atoms with Gasteiger partial charge in [0.05, 0.1) is 13.2 Å². The lowest BCUT2D eigenvalue weighted by molar-refractivity contribution is -0.190. The molecule has 0 bridgehead atoms. The van der Waals surface area contributed by atoms with Crippen LogP contribution >= 0.6 is 0 Å². The lowest BCUT2D eigenvalue weighted by Gasteiger charge is -2.39. The Labute approximate surface area is 94.3 Å². The molecule has 2 rings (SSSR count). The molecule has 0 amide bonds. The van der Waals surface area contributed by atoms with Gasteiger partial charge in [0.25, 0.3) is 0 Å². The van der Waals surface area contributed by atoms with Gasteiger partial charge in [0.2, 0.25) is 0 Å². The lowest BCUT2D eigenvalue weighted by atomic mass is 10.0. The number of carboxylic acids is 1. The fourth-order valence-electron chi connectivity index (χ4n) is 2.37. The number of likely N-dealkylation sites (tertiary alicyclic amines) is 1. The van der Waals surface area contributed by atoms with Crippen molar-refractivity contribution >= 4 is 5.97 Å². The van der Waals surface area contributed by atoms with Crippen molar-refractivity contribution in [3.63, 3.8) is 0 Å². The molecule has 3 N–H and O–H groups in total. The topological polar surface area (TPSA) is 85.0 Å². The summed E-state index contributed by atoms with van der Waals surface area (Å²) >= 11 is 0. The van der Waals surface area contributed by atoms with E-state index in [2.05, 4.69) is 0 Å². The van der Waals surface area contributed by atoms with E-state index in [4.69, 9.17) is 20.3 Å². The molecule has 0 saturated carbocycles. The highest BCUT2D eigenvalue weighted by atomic mass is 16.7. The van der Waals surface area contributed by atoms with Gasteiger partial charge in [-0.05, 0) is 0 Å². The first-order valence-corrected chi connectivity index (χ1v) is 5.62. The Bertz CT molecular complexity index is 256. The Morgan fingerprint density at radius 2 is 1.94 bits per heavy atom. The van der Waals surface area contributed by atoms with E-state index in [9.17, 15) is 4.79 Å². The molecule has 0 aliphatic carbocycles. The zero-order valence-corrected chi connectivity index (χ0v) is 9.22. The molecule has 2 heterocycles. The van der Waals surface area contributed by atoms with Crippen LogP contribution in [0.1, 0.15) is 12.8 Å². The molecule has 0 aromatic carbocycles. The molecule has 0 aromatic heterocycles. The smallest absolute Gasteiger partial charge is 0.322 e. The minimum absolute atomic E-state index is 0.143. The summed E-state index contributed by atoms with van der Waals surface area (Å²) in [6.07, 6.45) is 1.44. The van der Waals surface area contributed by atoms with Gasteiger partial charge in [-0.1, -0.05) is 0 Å². The molecule has 1 atom stereocenters. The standard InChI is InChI=1S/C10H18N2O4/c11-7-8(9(13)14)12-3-1-10(2-4-12)15-5-6-16-10/h8H,1-7,11H2,(H,13,14). The van der Waals surface area contributed by atoms with E-state index >= 15 is 0 Å². The maximum atomic E-state index is 11.0. The second-order valence-corrected chi connectivity index (χ2v) is 4.23. The van der Waals surface area contributed by atoms with Crippen molar-refractivity contribution in [3.8, 4) is 0 Å². The summed E-state index contributed by atoms with van der Waals surface area (Å²) in [4.78, 5) is 12.8. The van der Waals surface area contributed by atoms with E-state index in [0.29, 0.717) is 26.3 Å². The molecule has 2 fully saturated rings. The Balaban J connectivity index is 1.91. The molecule has 1 unspecified atom stereocenters. The Morgan fingerprint density at radius 3 is 2.38 bits per heavy atom. The SMILES string of the molecule is NCC(C(=O)O)N1CCC2(CC1)OCCO2. The fourth-order valence-corrected chi connectivity index (χ4v) is 2.37. The first-order valence-electron chi connectivity index (χ1n) is 5.62. The van der Waals surface area contributed by atoms with Crippen LogP contribution in [0.25, 0.3) is 0 Å². The summed E-state index contributed by atoms with van der Waals surface area (Å²) in [6.45, 7) is 2.74. The predicted octanol–water partition coefficient (Wildman–Crippen LogP) is -0.763. The highest BCUT2D eigenvalue weighted by molar-refractivity contribution is 5.73. The Kier molecular flexibility index (Phi) is 3.44. The molecule has 0 aromatic rings. The number of carbonyl (C=O) groups is 1. The number of nitrogens with zero attached hydrogens (tertiary/aromatic N) is 1. The molecule has 0 radical (unpaired) electrons. The van der Waals surface area contributed by atoms with Gasteiger partial charge in [-0.25, -0.2) is 0 Å². The van der Waals surface area contributed by atoms with E-state index in [1.165, 1.54) is 0 Å². The molecular formula is C10H18N2O4. The normalized spacial score (nSPS) is 27.1. The molecule has 6 heteroatoms. The maximum Gasteiger partial charge on any atom is 0.322 e. The van der Waals surface area contributed by atoms with Crippen molar-refractivity contribution in [3.05, 3.63) is 0 Å². The van der Waals surface area contributed by atoms with Crippen LogP contribution in [0.4, 0.5) is 0 Å². The molecule has 6 nitrogen and oxygen atoms in total. The van der Waals surface area contributed by atoms with Crippen LogP contribution in [0.3, 0.4) is 0 Å². The van der Waals surface area contributed by atoms with Crippen molar-refractivity contribution in [1.82, 2.24) is 4.90 Å². The number of nitrogens with two attached hydrogens (primary N) is 1. The predicted molar refractivity (Wildman–Crippen MR) is 55.9 cm³/mol. The second-order valence-electron chi connectivity index (χ2n) is 4.23. The minimum Gasteiger partial charge on any atom is -0.480 e. The van der Waals surface area contributed by atoms with Gasteiger partial charge in [-0.15, -0.1) is 0 Å². The number of ether oxygens (including phenoxy) is 2. The monoisotopic (exact) mass is 230 g/mol. The summed E-state index contributed by atoms with van der Waals surface area (Å²) in [5.41, 5.74) is 5.46. The highest BCUT2D eigenvalue weighted by Gasteiger charge is 2.41. The molecule has 2 aliphatic rings. The molecule has 16 heavy (non-hydrogen) atoms. The number of rotatable bonds is 3. The Morgan fingerprint density at radius 1 is 1.38 bits per heavy atom. The summed E-state index contributed by atoms with van der Waals surface area (Å²) in [7, 11) is 0. The van der Waals surface area contributed by atoms with Crippen LogP contribution < -0.4 is 5.73 Å². The zero-order chi connectivity index (χ0) is 11.6. The summed E-state index contributed by atoms with van der Waals surface area (Å²) in [6, 6.07) is -0.584. The van der Waals surface area contributed by atoms with Crippen molar-refractivity contribution in [1.29, 1.82) is 0 Å². The summed E-state index contributed by atoms with van der Waals surface area (Å²) in [5.74, 6) is -1.31. The lowest BCUT2D eigenvalue weighted by Crippen LogP contribution is -2.53. The van der Waals surface area contributed by atoms with Gasteiger partial charge in [-0.3, -0.25) is 9.69 Å². The Hall–Kier alpha value is -0.690. The van der Waals surface area contributed by atoms with Gasteiger partial charge in [0.15, 0.2) is 5.79 Å². The van der Waals surface area contributed by atoms with Crippen molar-refractivity contribution < 1.29 is 19.4 Å². The third-order valence-electron chi connectivity index (χ3n) is 3.32. The first-order chi connectivity index (χ1) is 7.67. The van der Waals surface area contributed by atoms with Gasteiger partial charge in [-0.2, -0.15) is 0 Å². The third kappa shape index (κ3) is 2.20. The van der Waals surface area contributed by atoms with Crippen LogP contribution in [0.2, 0.25) is 0 Å². The van der Waals surface area contributed by atoms with Gasteiger partial charge in [0, 0.05) is 32.5 Å². The van der Waals surface area contributed by atoms with Crippen LogP contribution in [-0.4, -0.2) is 60.7 Å². The minimum atomic E-state index is -0.855. The van der Waals surface area contributed by atoms with Crippen molar-refractivity contribution in [2.24, 2.45) is 5.73 Å². The average molecular weight is 230 g/mol. The van der Waals surface area contributed by atoms with Crippen LogP contribution in [0, 0.1) is 0 Å². The van der Waals surface area contributed by atoms with E-state index in [0.717, 1.165) is 12.8 Å². The summed E-state index contributed by atoms with van der Waals surface area (Å²) in [5, 5.41) is 9.00. The zero-order valence-electron chi connectivity index (χ0n) is 9.22. The van der Waals surface area contributed by atoms with E-state index in [1.54, 1.807) is 0 Å². The van der Waals surface area contributed by atoms with E-state index in [1.807, 2.05) is 4.90 Å². The second kappa shape index (κ2) is 4.67. The maximum absolute atomic E-state index is 11.0. The molecule has 92 valence electrons. The number of hydrogen-bond acceptors (Lipinski definition) is 5. The van der Waals surface area contributed by atoms with E-state index < -0.39 is 17.8 Å². The van der Waals surface area contributed by atoms with E-state index in [-0.39, 0.29) is 6.54 Å². The van der Waals surface area contributed by atoms with Crippen LogP contribution in [0.15, 0.2) is 0 Å². The molecule has 2 aliphatic heterocycles. The first kappa shape index (κ1) is 11.8. The van der Waals surface area contributed by atoms with Gasteiger partial charge in [0.1, 0.15) is 6.04 Å². The molecule has 1 spiro atoms. The van der Waals surface area contributed by atoms with Gasteiger partial charge < -0.3 is 20.3 Å². The fraction of sp³-hybridized carbons (Fsp3) is 0.900. The third-order valence-corrected chi connectivity index (χ3v) is 3.32. The molecular weight excluding hydrogens is 212 g/mol. The van der Waals surface area contributed by atoms with Gasteiger partial charge >= 0.3 is 5.97 Å².